The normalized spacial score (nSPS) is 26.0. The Morgan fingerprint density at radius 2 is 1.38 bits per heavy atom. The zero-order chi connectivity index (χ0) is 26.1. The van der Waals surface area contributed by atoms with Crippen molar-refractivity contribution < 1.29 is 38.4 Å². The molecule has 0 amide bonds. The summed E-state index contributed by atoms with van der Waals surface area (Å²) < 4.78 is 23.1. The predicted octanol–water partition coefficient (Wildman–Crippen LogP) is 4.05. The fourth-order valence-electron chi connectivity index (χ4n) is 3.03. The molecule has 1 N–H and O–H groups in total. The third kappa shape index (κ3) is 7.02. The first-order valence-corrected chi connectivity index (χ1v) is 12.3. The molecule has 1 aromatic heterocycles. The van der Waals surface area contributed by atoms with Crippen molar-refractivity contribution in [3.05, 3.63) is 22.4 Å². The number of rotatable bonds is 5. The molecule has 1 aromatic rings. The van der Waals surface area contributed by atoms with Crippen LogP contribution in [-0.2, 0) is 33.3 Å². The second-order valence-corrected chi connectivity index (χ2v) is 12.5. The lowest BCUT2D eigenvalue weighted by molar-refractivity contribution is -0.255. The van der Waals surface area contributed by atoms with Crippen LogP contribution in [0.3, 0.4) is 0 Å². The molecule has 1 saturated heterocycles. The first-order valence-electron chi connectivity index (χ1n) is 11.4. The average molecular weight is 499 g/mol. The maximum Gasteiger partial charge on any atom is 0.311 e. The molecule has 5 atom stereocenters. The van der Waals surface area contributed by atoms with Crippen LogP contribution >= 0.6 is 11.3 Å². The Morgan fingerprint density at radius 1 is 0.882 bits per heavy atom. The number of thiophene rings is 1. The first kappa shape index (κ1) is 28.3. The highest BCUT2D eigenvalue weighted by Crippen LogP contribution is 2.38. The SMILES string of the molecule is CC(C)(C)C(=O)OC[C@H]1O[C@H](c2ccsc2)[C@H](O)[C@@H](OC(=O)C(C)(C)C)[C@@H]1OC(=O)C(C)(C)C. The van der Waals surface area contributed by atoms with Crippen molar-refractivity contribution in [1.82, 2.24) is 0 Å². The summed E-state index contributed by atoms with van der Waals surface area (Å²) in [5.74, 6) is -1.59. The number of carbonyl (C=O) groups excluding carboxylic acids is 3. The van der Waals surface area contributed by atoms with Gasteiger partial charge in [0.1, 0.15) is 24.9 Å². The van der Waals surface area contributed by atoms with E-state index in [1.165, 1.54) is 11.3 Å². The highest BCUT2D eigenvalue weighted by molar-refractivity contribution is 7.07. The van der Waals surface area contributed by atoms with Crippen LogP contribution in [-0.4, -0.2) is 54.0 Å². The predicted molar refractivity (Wildman–Crippen MR) is 127 cm³/mol. The van der Waals surface area contributed by atoms with Crippen LogP contribution in [0.25, 0.3) is 0 Å². The topological polar surface area (TPSA) is 108 Å². The van der Waals surface area contributed by atoms with E-state index in [1.807, 2.05) is 10.8 Å². The van der Waals surface area contributed by atoms with Crippen molar-refractivity contribution in [2.24, 2.45) is 16.2 Å². The van der Waals surface area contributed by atoms with Gasteiger partial charge in [0.15, 0.2) is 12.2 Å². The summed E-state index contributed by atoms with van der Waals surface area (Å²) in [5.41, 5.74) is -1.79. The Balaban J connectivity index is 2.46. The van der Waals surface area contributed by atoms with Crippen molar-refractivity contribution >= 4 is 29.2 Å². The van der Waals surface area contributed by atoms with E-state index in [9.17, 15) is 19.5 Å². The Labute approximate surface area is 205 Å². The number of aliphatic hydroxyl groups is 1. The van der Waals surface area contributed by atoms with Crippen molar-refractivity contribution in [2.75, 3.05) is 6.61 Å². The summed E-state index contributed by atoms with van der Waals surface area (Å²) in [5, 5.41) is 14.9. The number of ether oxygens (including phenoxy) is 4. The number of esters is 3. The third-order valence-electron chi connectivity index (χ3n) is 5.23. The minimum Gasteiger partial charge on any atom is -0.462 e. The molecule has 9 heteroatoms. The summed E-state index contributed by atoms with van der Waals surface area (Å²) in [4.78, 5) is 38.1. The van der Waals surface area contributed by atoms with E-state index in [1.54, 1.807) is 68.4 Å². The van der Waals surface area contributed by atoms with Gasteiger partial charge in [-0.05, 0) is 84.7 Å². The molecule has 1 aliphatic heterocycles. The molecule has 1 aliphatic rings. The van der Waals surface area contributed by atoms with Gasteiger partial charge in [0, 0.05) is 0 Å². The Bertz CT molecular complexity index is 857. The van der Waals surface area contributed by atoms with Crippen molar-refractivity contribution in [2.45, 2.75) is 92.8 Å². The number of hydrogen-bond acceptors (Lipinski definition) is 9. The highest BCUT2D eigenvalue weighted by Gasteiger charge is 2.52. The maximum atomic E-state index is 12.8. The quantitative estimate of drug-likeness (QED) is 0.478. The van der Waals surface area contributed by atoms with E-state index in [0.29, 0.717) is 5.56 Å². The molecule has 2 heterocycles. The van der Waals surface area contributed by atoms with E-state index < -0.39 is 64.7 Å². The summed E-state index contributed by atoms with van der Waals surface area (Å²) in [6.07, 6.45) is -5.56. The Morgan fingerprint density at radius 3 is 1.82 bits per heavy atom. The van der Waals surface area contributed by atoms with Crippen LogP contribution in [0.15, 0.2) is 16.8 Å². The molecule has 0 unspecified atom stereocenters. The third-order valence-corrected chi connectivity index (χ3v) is 5.93. The van der Waals surface area contributed by atoms with Crippen LogP contribution in [0.5, 0.6) is 0 Å². The van der Waals surface area contributed by atoms with E-state index in [2.05, 4.69) is 0 Å². The van der Waals surface area contributed by atoms with Gasteiger partial charge >= 0.3 is 17.9 Å². The molecule has 0 spiro atoms. The molecule has 0 saturated carbocycles. The van der Waals surface area contributed by atoms with Gasteiger partial charge in [0.05, 0.1) is 16.2 Å². The van der Waals surface area contributed by atoms with Gasteiger partial charge in [-0.2, -0.15) is 11.3 Å². The van der Waals surface area contributed by atoms with Gasteiger partial charge in [-0.1, -0.05) is 0 Å². The molecule has 8 nitrogen and oxygen atoms in total. The van der Waals surface area contributed by atoms with E-state index in [4.69, 9.17) is 18.9 Å². The summed E-state index contributed by atoms with van der Waals surface area (Å²) in [6, 6.07) is 1.79. The van der Waals surface area contributed by atoms with E-state index in [0.717, 1.165) is 0 Å². The zero-order valence-corrected chi connectivity index (χ0v) is 22.4. The molecule has 192 valence electrons. The van der Waals surface area contributed by atoms with E-state index in [-0.39, 0.29) is 6.61 Å². The van der Waals surface area contributed by atoms with Crippen molar-refractivity contribution in [3.8, 4) is 0 Å². The van der Waals surface area contributed by atoms with Gasteiger partial charge in [-0.25, -0.2) is 0 Å². The molecule has 0 aromatic carbocycles. The van der Waals surface area contributed by atoms with Gasteiger partial charge in [-0.3, -0.25) is 14.4 Å². The Kier molecular flexibility index (Phi) is 8.59. The highest BCUT2D eigenvalue weighted by atomic mass is 32.1. The lowest BCUT2D eigenvalue weighted by Crippen LogP contribution is -2.59. The monoisotopic (exact) mass is 498 g/mol. The fraction of sp³-hybridized carbons (Fsp3) is 0.720. The minimum atomic E-state index is -1.31. The van der Waals surface area contributed by atoms with Crippen LogP contribution in [0.4, 0.5) is 0 Å². The fourth-order valence-corrected chi connectivity index (χ4v) is 3.71. The van der Waals surface area contributed by atoms with Crippen LogP contribution in [0, 0.1) is 16.2 Å². The number of carbonyl (C=O) groups is 3. The summed E-state index contributed by atoms with van der Waals surface area (Å²) in [6.45, 7) is 15.1. The van der Waals surface area contributed by atoms with Gasteiger partial charge in [0.2, 0.25) is 0 Å². The summed E-state index contributed by atoms with van der Waals surface area (Å²) in [7, 11) is 0. The second-order valence-electron chi connectivity index (χ2n) is 11.7. The number of hydrogen-bond donors (Lipinski definition) is 1. The molecular formula is C25H38O8S. The molecule has 0 bridgehead atoms. The average Bonchev–Trinajstić information content (AvgIpc) is 3.21. The molecule has 1 fully saturated rings. The largest absolute Gasteiger partial charge is 0.462 e. The van der Waals surface area contributed by atoms with Crippen LogP contribution in [0.2, 0.25) is 0 Å². The zero-order valence-electron chi connectivity index (χ0n) is 21.5. The molecule has 0 aliphatic carbocycles. The Hall–Kier alpha value is -1.97. The molecule has 34 heavy (non-hydrogen) atoms. The lowest BCUT2D eigenvalue weighted by Gasteiger charge is -2.44. The lowest BCUT2D eigenvalue weighted by atomic mass is 9.90. The van der Waals surface area contributed by atoms with Crippen molar-refractivity contribution in [3.63, 3.8) is 0 Å². The molecular weight excluding hydrogens is 460 g/mol. The van der Waals surface area contributed by atoms with Crippen molar-refractivity contribution in [1.29, 1.82) is 0 Å². The first-order chi connectivity index (χ1) is 15.4. The molecule has 0 radical (unpaired) electrons. The minimum absolute atomic E-state index is 0.241. The van der Waals surface area contributed by atoms with Gasteiger partial charge in [0.25, 0.3) is 0 Å². The number of aliphatic hydroxyl groups excluding tert-OH is 1. The van der Waals surface area contributed by atoms with Gasteiger partial charge < -0.3 is 24.1 Å². The standard InChI is InChI=1S/C25H38O8S/c1-23(2,3)20(27)30-12-15-18(32-21(28)24(4,5)6)19(33-22(29)25(7,8)9)16(26)17(31-15)14-10-11-34-13-14/h10-11,13,15-19,26H,12H2,1-9H3/t15-,16+,17-,18-,19-/m1/s1. The smallest absolute Gasteiger partial charge is 0.311 e. The van der Waals surface area contributed by atoms with Crippen LogP contribution < -0.4 is 0 Å². The second kappa shape index (κ2) is 10.3. The maximum absolute atomic E-state index is 12.8. The van der Waals surface area contributed by atoms with Gasteiger partial charge in [-0.15, -0.1) is 0 Å². The molecule has 2 rings (SSSR count). The summed E-state index contributed by atoms with van der Waals surface area (Å²) >= 11 is 1.42. The van der Waals surface area contributed by atoms with Crippen LogP contribution in [0.1, 0.15) is 74.0 Å². The van der Waals surface area contributed by atoms with E-state index >= 15 is 0 Å².